The minimum atomic E-state index is -1.64. The Hall–Kier alpha value is -0.630. The van der Waals surface area contributed by atoms with Crippen LogP contribution in [0, 0.1) is 0 Å². The van der Waals surface area contributed by atoms with E-state index >= 15 is 0 Å². The number of allylic oxidation sites excluding steroid dienone is 1. The van der Waals surface area contributed by atoms with E-state index in [1.807, 2.05) is 0 Å². The summed E-state index contributed by atoms with van der Waals surface area (Å²) >= 11 is 6.16. The Morgan fingerprint density at radius 3 is 2.27 bits per heavy atom. The second kappa shape index (κ2) is 6.47. The van der Waals surface area contributed by atoms with Crippen molar-refractivity contribution in [3.05, 3.63) is 41.3 Å². The van der Waals surface area contributed by atoms with Gasteiger partial charge in [-0.2, -0.15) is 0 Å². The molecule has 2 nitrogen and oxygen atoms in total. The van der Waals surface area contributed by atoms with Gasteiger partial charge < -0.3 is 4.90 Å². The molecule has 0 saturated carbocycles. The average molecular weight is 336 g/mol. The minimum absolute atomic E-state index is 0.0255. The van der Waals surface area contributed by atoms with Crippen molar-refractivity contribution < 1.29 is 0 Å². The monoisotopic (exact) mass is 336 g/mol. The van der Waals surface area contributed by atoms with Gasteiger partial charge in [-0.3, -0.25) is 4.67 Å². The molecule has 0 N–H and O–H groups in total. The topological polar surface area (TPSA) is 6.48 Å². The Balaban J connectivity index is 2.55. The third-order valence-corrected chi connectivity index (χ3v) is 9.79. The van der Waals surface area contributed by atoms with Gasteiger partial charge in [-0.05, 0) is 23.6 Å². The van der Waals surface area contributed by atoms with E-state index in [1.54, 1.807) is 0 Å². The van der Waals surface area contributed by atoms with Gasteiger partial charge in [0.2, 0.25) is 0 Å². The number of rotatable bonds is 5. The van der Waals surface area contributed by atoms with Gasteiger partial charge in [-0.1, -0.05) is 64.6 Å². The van der Waals surface area contributed by atoms with Gasteiger partial charge in [0.15, 0.2) is 0 Å². The van der Waals surface area contributed by atoms with Crippen LogP contribution in [0.2, 0.25) is 0 Å². The Morgan fingerprint density at radius 2 is 1.77 bits per heavy atom. The Morgan fingerprint density at radius 1 is 1.18 bits per heavy atom. The highest BCUT2D eigenvalue weighted by atomic mass is 32.4. The van der Waals surface area contributed by atoms with Crippen molar-refractivity contribution in [1.29, 1.82) is 0 Å². The molecular weight excluding hydrogens is 307 g/mol. The second-order valence-corrected chi connectivity index (χ2v) is 11.3. The van der Waals surface area contributed by atoms with Gasteiger partial charge in [-0.15, -0.1) is 0 Å². The lowest BCUT2D eigenvalue weighted by Gasteiger charge is -2.34. The highest BCUT2D eigenvalue weighted by Crippen LogP contribution is 2.56. The van der Waals surface area contributed by atoms with E-state index < -0.39 is 6.19 Å². The molecule has 1 unspecified atom stereocenters. The zero-order valence-corrected chi connectivity index (χ0v) is 16.5. The summed E-state index contributed by atoms with van der Waals surface area (Å²) in [5.41, 5.74) is 4.11. The fraction of sp³-hybridized carbons (Fsp3) is 0.556. The summed E-state index contributed by atoms with van der Waals surface area (Å²) in [6, 6.07) is 8.72. The predicted octanol–water partition coefficient (Wildman–Crippen LogP) is 5.01. The molecule has 0 saturated heterocycles. The predicted molar refractivity (Wildman–Crippen MR) is 104 cm³/mol. The molecule has 0 bridgehead atoms. The molecule has 0 aromatic heterocycles. The molecule has 22 heavy (non-hydrogen) atoms. The fourth-order valence-corrected chi connectivity index (χ4v) is 7.07. The molecule has 2 rings (SSSR count). The van der Waals surface area contributed by atoms with Crippen LogP contribution in [0.1, 0.15) is 40.2 Å². The number of para-hydroxylation sites is 1. The van der Waals surface area contributed by atoms with Crippen LogP contribution >= 0.6 is 6.19 Å². The molecule has 4 heteroatoms. The van der Waals surface area contributed by atoms with Crippen LogP contribution in [-0.2, 0) is 17.2 Å². The van der Waals surface area contributed by atoms with Crippen LogP contribution in [0.3, 0.4) is 0 Å². The normalized spacial score (nSPS) is 21.2. The third kappa shape index (κ3) is 2.79. The molecule has 1 aliphatic rings. The summed E-state index contributed by atoms with van der Waals surface area (Å²) in [5, 5.41) is 0. The van der Waals surface area contributed by atoms with E-state index in [1.165, 1.54) is 16.9 Å². The molecular formula is C18H29N2PS. The van der Waals surface area contributed by atoms with Crippen LogP contribution < -0.4 is 4.90 Å². The summed E-state index contributed by atoms with van der Waals surface area (Å²) in [4.78, 5) is 2.34. The summed E-state index contributed by atoms with van der Waals surface area (Å²) in [7, 11) is 2.18. The van der Waals surface area contributed by atoms with Crippen molar-refractivity contribution in [1.82, 2.24) is 4.67 Å². The first-order valence-corrected chi connectivity index (χ1v) is 11.2. The molecule has 1 atom stereocenters. The van der Waals surface area contributed by atoms with Crippen molar-refractivity contribution in [3.8, 4) is 0 Å². The van der Waals surface area contributed by atoms with E-state index in [4.69, 9.17) is 11.8 Å². The van der Waals surface area contributed by atoms with Gasteiger partial charge in [0.1, 0.15) is 0 Å². The minimum Gasteiger partial charge on any atom is -0.347 e. The van der Waals surface area contributed by atoms with E-state index in [-0.39, 0.29) is 5.41 Å². The number of anilines is 1. The Bertz CT molecular complexity index is 617. The van der Waals surface area contributed by atoms with Crippen molar-refractivity contribution in [2.45, 2.75) is 40.0 Å². The van der Waals surface area contributed by atoms with Crippen molar-refractivity contribution in [2.24, 2.45) is 0 Å². The van der Waals surface area contributed by atoms with E-state index in [0.29, 0.717) is 0 Å². The molecule has 1 heterocycles. The van der Waals surface area contributed by atoms with Crippen molar-refractivity contribution in [2.75, 3.05) is 31.2 Å². The van der Waals surface area contributed by atoms with Crippen LogP contribution in [0.4, 0.5) is 5.69 Å². The van der Waals surface area contributed by atoms with E-state index in [9.17, 15) is 0 Å². The molecule has 0 spiro atoms. The summed E-state index contributed by atoms with van der Waals surface area (Å²) in [6.07, 6.45) is -0.593. The number of fused-ring (bicyclic) bond motifs is 1. The highest BCUT2D eigenvalue weighted by Gasteiger charge is 2.39. The first-order valence-electron chi connectivity index (χ1n) is 8.22. The Labute approximate surface area is 141 Å². The lowest BCUT2D eigenvalue weighted by molar-refractivity contribution is 0.508. The van der Waals surface area contributed by atoms with Gasteiger partial charge >= 0.3 is 0 Å². The lowest BCUT2D eigenvalue weighted by Crippen LogP contribution is -2.25. The van der Waals surface area contributed by atoms with Crippen LogP contribution in [0.15, 0.2) is 35.8 Å². The van der Waals surface area contributed by atoms with Gasteiger partial charge in [0.25, 0.3) is 0 Å². The number of benzene rings is 1. The van der Waals surface area contributed by atoms with Crippen LogP contribution in [0.25, 0.3) is 0 Å². The zero-order valence-electron chi connectivity index (χ0n) is 14.8. The molecule has 122 valence electrons. The Kier molecular flexibility index (Phi) is 5.21. The first-order chi connectivity index (χ1) is 10.3. The molecule has 0 aliphatic carbocycles. The average Bonchev–Trinajstić information content (AvgIpc) is 2.70. The van der Waals surface area contributed by atoms with E-state index in [0.717, 1.165) is 19.3 Å². The summed E-state index contributed by atoms with van der Waals surface area (Å²) in [6.45, 7) is 13.4. The van der Waals surface area contributed by atoms with Crippen molar-refractivity contribution >= 4 is 23.7 Å². The maximum absolute atomic E-state index is 6.16. The maximum atomic E-state index is 6.16. The smallest absolute Gasteiger partial charge is 0.0448 e. The van der Waals surface area contributed by atoms with Gasteiger partial charge in [0.05, 0.1) is 0 Å². The summed E-state index contributed by atoms with van der Waals surface area (Å²) in [5.74, 6) is 2.44. The molecule has 1 aromatic rings. The zero-order chi connectivity index (χ0) is 16.5. The standard InChI is InChI=1S/C18H29N2PS/c1-7-20(8-2)21(22,9-3)14-17-18(4,5)15-12-10-11-13-16(15)19(17)6/h10-14H,7-9H2,1-6H3/b17-14-. The van der Waals surface area contributed by atoms with Gasteiger partial charge in [0, 0.05) is 43.1 Å². The van der Waals surface area contributed by atoms with Crippen LogP contribution in [0.5, 0.6) is 0 Å². The molecule has 0 fully saturated rings. The lowest BCUT2D eigenvalue weighted by atomic mass is 9.84. The van der Waals surface area contributed by atoms with E-state index in [2.05, 4.69) is 81.3 Å². The highest BCUT2D eigenvalue weighted by molar-refractivity contribution is 8.15. The first kappa shape index (κ1) is 17.7. The fourth-order valence-electron chi connectivity index (χ4n) is 3.50. The molecule has 0 amide bonds. The summed E-state index contributed by atoms with van der Waals surface area (Å²) < 4.78 is 2.49. The number of likely N-dealkylation sites (N-methyl/N-ethyl adjacent to an activating group) is 1. The second-order valence-electron chi connectivity index (χ2n) is 6.43. The molecule has 1 aliphatic heterocycles. The van der Waals surface area contributed by atoms with Gasteiger partial charge in [-0.25, -0.2) is 0 Å². The molecule has 0 radical (unpaired) electrons. The molecule has 1 aromatic carbocycles. The van der Waals surface area contributed by atoms with Crippen LogP contribution in [-0.4, -0.2) is 31.0 Å². The number of hydrogen-bond donors (Lipinski definition) is 0. The number of hydrogen-bond acceptors (Lipinski definition) is 2. The largest absolute Gasteiger partial charge is 0.347 e. The third-order valence-electron chi connectivity index (χ3n) is 4.93. The van der Waals surface area contributed by atoms with Crippen molar-refractivity contribution in [3.63, 3.8) is 0 Å². The number of nitrogens with zero attached hydrogens (tertiary/aromatic N) is 2. The quantitative estimate of drug-likeness (QED) is 0.698. The SMILES string of the molecule is CCN(CC)P(=S)(/C=C1\N(C)c2ccccc2C1(C)C)CC. The maximum Gasteiger partial charge on any atom is 0.0448 e.